The topological polar surface area (TPSA) is 88.5 Å². The molecule has 1 heterocycles. The first kappa shape index (κ1) is 18.1. The van der Waals surface area contributed by atoms with E-state index in [9.17, 15) is 30.2 Å². The molecular formula is C12H9F4N3O3S2. The molecule has 6 nitrogen and oxygen atoms in total. The molecular weight excluding hydrogens is 374 g/mol. The van der Waals surface area contributed by atoms with Crippen LogP contribution in [-0.4, -0.2) is 23.1 Å². The summed E-state index contributed by atoms with van der Waals surface area (Å²) in [7, 11) is -10.4. The minimum atomic E-state index is -5.45. The fraction of sp³-hybridized carbons (Fsp3) is 0.0833. The van der Waals surface area contributed by atoms with Gasteiger partial charge in [0.2, 0.25) is 5.95 Å². The number of anilines is 1. The quantitative estimate of drug-likeness (QED) is 0.650. The van der Waals surface area contributed by atoms with E-state index in [4.69, 9.17) is 0 Å². The highest BCUT2D eigenvalue weighted by molar-refractivity contribution is 8.04. The molecule has 0 amide bonds. The smallest absolute Gasteiger partial charge is 0.248 e. The first-order valence-corrected chi connectivity index (χ1v) is 9.04. The number of hydrogen-bond acceptors (Lipinski definition) is 4. The van der Waals surface area contributed by atoms with Crippen LogP contribution in [0.3, 0.4) is 0 Å². The maximum atomic E-state index is 13.2. The van der Waals surface area contributed by atoms with Crippen LogP contribution in [0.1, 0.15) is 0 Å². The molecule has 130 valence electrons. The Morgan fingerprint density at radius 3 is 2.12 bits per heavy atom. The average molecular weight is 383 g/mol. The molecule has 0 bridgehead atoms. The predicted molar refractivity (Wildman–Crippen MR) is 78.1 cm³/mol. The summed E-state index contributed by atoms with van der Waals surface area (Å²) in [5.41, 5.74) is -5.45. The number of halogens is 4. The highest BCUT2D eigenvalue weighted by Crippen LogP contribution is 2.33. The Balaban J connectivity index is 2.56. The lowest BCUT2D eigenvalue weighted by Gasteiger charge is -2.13. The van der Waals surface area contributed by atoms with Gasteiger partial charge in [0, 0.05) is 0 Å². The minimum Gasteiger partial charge on any atom is -0.248 e. The van der Waals surface area contributed by atoms with Gasteiger partial charge in [0.15, 0.2) is 9.73 Å². The van der Waals surface area contributed by atoms with Crippen molar-refractivity contribution in [2.75, 3.05) is 4.72 Å². The normalized spacial score (nSPS) is 14.7. The first-order valence-electron chi connectivity index (χ1n) is 6.09. The van der Waals surface area contributed by atoms with E-state index in [1.165, 1.54) is 10.8 Å². The van der Waals surface area contributed by atoms with Gasteiger partial charge in [0.1, 0.15) is 5.82 Å². The van der Waals surface area contributed by atoms with Gasteiger partial charge in [-0.25, -0.2) is 13.9 Å². The molecule has 12 heteroatoms. The zero-order valence-corrected chi connectivity index (χ0v) is 13.2. The second-order valence-corrected chi connectivity index (χ2v) is 8.02. The van der Waals surface area contributed by atoms with Crippen molar-refractivity contribution >= 4 is 25.8 Å². The molecule has 0 fully saturated rings. The van der Waals surface area contributed by atoms with Crippen LogP contribution >= 0.6 is 0 Å². The molecule has 1 atom stereocenters. The Morgan fingerprint density at radius 2 is 1.58 bits per heavy atom. The van der Waals surface area contributed by atoms with Crippen molar-refractivity contribution < 1.29 is 30.2 Å². The molecule has 1 aromatic heterocycles. The van der Waals surface area contributed by atoms with E-state index >= 15 is 0 Å². The first-order chi connectivity index (χ1) is 11.0. The van der Waals surface area contributed by atoms with Crippen LogP contribution in [0, 0.1) is 5.95 Å². The Hall–Kier alpha value is -2.21. The second kappa shape index (κ2) is 6.36. The minimum absolute atomic E-state index is 0.601. The van der Waals surface area contributed by atoms with E-state index in [1.807, 2.05) is 0 Å². The van der Waals surface area contributed by atoms with Crippen LogP contribution in [-0.2, 0) is 19.9 Å². The number of hydrogen-bond donors (Lipinski definition) is 1. The highest BCUT2D eigenvalue weighted by atomic mass is 32.3. The van der Waals surface area contributed by atoms with Crippen LogP contribution in [0.2, 0.25) is 0 Å². The van der Waals surface area contributed by atoms with Crippen molar-refractivity contribution in [2.45, 2.75) is 10.4 Å². The average Bonchev–Trinajstić information content (AvgIpc) is 2.46. The molecule has 0 radical (unpaired) electrons. The largest absolute Gasteiger partial charge is 0.484 e. The maximum Gasteiger partial charge on any atom is 0.484 e. The maximum absolute atomic E-state index is 13.2. The van der Waals surface area contributed by atoms with Crippen molar-refractivity contribution in [2.24, 2.45) is 3.77 Å². The Labute approximate surface area is 134 Å². The predicted octanol–water partition coefficient (Wildman–Crippen LogP) is 2.92. The van der Waals surface area contributed by atoms with Crippen molar-refractivity contribution in [1.29, 1.82) is 0 Å². The summed E-state index contributed by atoms with van der Waals surface area (Å²) >= 11 is 0. The van der Waals surface area contributed by atoms with Gasteiger partial charge in [-0.15, -0.1) is 0 Å². The standard InChI is InChI=1S/C12H9F4N3O3S2/c13-10-7-4-8-11(17-10)18-24(21,22)19-23(20,12(14,15)16)9-5-2-1-3-6-9/h1-8H,(H,17,18). The van der Waals surface area contributed by atoms with Crippen molar-refractivity contribution in [3.8, 4) is 0 Å². The molecule has 1 N–H and O–H groups in total. The number of alkyl halides is 3. The monoisotopic (exact) mass is 383 g/mol. The fourth-order valence-corrected chi connectivity index (χ4v) is 4.69. The van der Waals surface area contributed by atoms with Gasteiger partial charge < -0.3 is 0 Å². The van der Waals surface area contributed by atoms with Gasteiger partial charge in [-0.3, -0.25) is 0 Å². The second-order valence-electron chi connectivity index (χ2n) is 4.28. The van der Waals surface area contributed by atoms with Gasteiger partial charge in [0.25, 0.3) is 0 Å². The number of rotatable bonds is 4. The number of nitrogens with one attached hydrogen (secondary N) is 1. The van der Waals surface area contributed by atoms with E-state index in [-0.39, 0.29) is 0 Å². The van der Waals surface area contributed by atoms with Gasteiger partial charge in [-0.1, -0.05) is 28.0 Å². The van der Waals surface area contributed by atoms with Crippen molar-refractivity contribution in [1.82, 2.24) is 4.98 Å². The molecule has 2 rings (SSSR count). The summed E-state index contributed by atoms with van der Waals surface area (Å²) in [6, 6.07) is 8.34. The van der Waals surface area contributed by atoms with Gasteiger partial charge in [-0.2, -0.15) is 26.0 Å². The fourth-order valence-electron chi connectivity index (χ4n) is 1.58. The molecule has 0 saturated heterocycles. The molecule has 0 saturated carbocycles. The zero-order chi connectivity index (χ0) is 18.0. The molecule has 24 heavy (non-hydrogen) atoms. The summed E-state index contributed by atoms with van der Waals surface area (Å²) in [4.78, 5) is 2.31. The third-order valence-electron chi connectivity index (χ3n) is 2.53. The van der Waals surface area contributed by atoms with Crippen molar-refractivity contribution in [3.63, 3.8) is 0 Å². The Kier molecular flexibility index (Phi) is 4.80. The molecule has 0 spiro atoms. The van der Waals surface area contributed by atoms with Crippen LogP contribution < -0.4 is 4.72 Å². The zero-order valence-electron chi connectivity index (χ0n) is 11.6. The van der Waals surface area contributed by atoms with Crippen LogP contribution in [0.25, 0.3) is 0 Å². The third kappa shape index (κ3) is 4.00. The number of nitrogens with zero attached hydrogens (tertiary/aromatic N) is 2. The molecule has 2 aromatic rings. The van der Waals surface area contributed by atoms with Gasteiger partial charge in [-0.05, 0) is 24.3 Å². The van der Waals surface area contributed by atoms with Crippen LogP contribution in [0.4, 0.5) is 23.4 Å². The summed E-state index contributed by atoms with van der Waals surface area (Å²) in [6.07, 6.45) is 0. The lowest BCUT2D eigenvalue weighted by molar-refractivity contribution is -0.0401. The molecule has 0 aliphatic carbocycles. The van der Waals surface area contributed by atoms with Gasteiger partial charge in [0.05, 0.1) is 4.90 Å². The van der Waals surface area contributed by atoms with E-state index in [0.717, 1.165) is 42.5 Å². The Bertz CT molecular complexity index is 953. The van der Waals surface area contributed by atoms with Gasteiger partial charge >= 0.3 is 15.7 Å². The molecule has 1 unspecified atom stereocenters. The van der Waals surface area contributed by atoms with E-state index in [1.54, 1.807) is 0 Å². The third-order valence-corrected chi connectivity index (χ3v) is 6.16. The SMILES string of the molecule is O=S(=O)(N=S(=O)(c1ccccc1)C(F)(F)F)Nc1cccc(F)n1. The number of aromatic nitrogens is 1. The summed E-state index contributed by atoms with van der Waals surface area (Å²) in [5.74, 6) is -1.66. The summed E-state index contributed by atoms with van der Waals surface area (Å²) < 4.78 is 92.5. The Morgan fingerprint density at radius 1 is 0.958 bits per heavy atom. The number of benzene rings is 1. The van der Waals surface area contributed by atoms with Crippen LogP contribution in [0.15, 0.2) is 57.2 Å². The molecule has 0 aliphatic heterocycles. The summed E-state index contributed by atoms with van der Waals surface area (Å²) in [5, 5.41) is 0. The van der Waals surface area contributed by atoms with E-state index < -0.39 is 42.1 Å². The summed E-state index contributed by atoms with van der Waals surface area (Å²) in [6.45, 7) is 0. The van der Waals surface area contributed by atoms with Crippen molar-refractivity contribution in [3.05, 3.63) is 54.5 Å². The molecule has 0 aliphatic rings. The lowest BCUT2D eigenvalue weighted by atomic mass is 10.4. The lowest BCUT2D eigenvalue weighted by Crippen LogP contribution is -2.26. The molecule has 1 aromatic carbocycles. The highest BCUT2D eigenvalue weighted by Gasteiger charge is 2.46. The van der Waals surface area contributed by atoms with E-state index in [0.29, 0.717) is 0 Å². The number of pyridine rings is 1. The van der Waals surface area contributed by atoms with Crippen LogP contribution in [0.5, 0.6) is 0 Å². The van der Waals surface area contributed by atoms with E-state index in [2.05, 4.69) is 8.75 Å².